The number of anilines is 1. The number of alkyl halides is 3. The van der Waals surface area contributed by atoms with E-state index < -0.39 is 33.6 Å². The smallest absolute Gasteiger partial charge is 0.335 e. The van der Waals surface area contributed by atoms with Crippen molar-refractivity contribution in [1.82, 2.24) is 20.3 Å². The number of aryl methyl sites for hydroxylation is 1. The minimum Gasteiger partial charge on any atom is -0.335 e. The largest absolute Gasteiger partial charge is 0.416 e. The lowest BCUT2D eigenvalue weighted by molar-refractivity contribution is -0.137. The molecular formula is C25H20F3N7O3S. The Morgan fingerprint density at radius 3 is 2.64 bits per heavy atom. The zero-order chi connectivity index (χ0) is 28.4. The highest BCUT2D eigenvalue weighted by Crippen LogP contribution is 2.38. The second-order valence-corrected chi connectivity index (χ2v) is 10.6. The van der Waals surface area contributed by atoms with Gasteiger partial charge in [-0.25, -0.2) is 18.1 Å². The molecule has 39 heavy (non-hydrogen) atoms. The second-order valence-electron chi connectivity index (χ2n) is 8.55. The first-order valence-electron chi connectivity index (χ1n) is 11.4. The zero-order valence-corrected chi connectivity index (χ0v) is 21.2. The van der Waals surface area contributed by atoms with Gasteiger partial charge in [0.2, 0.25) is 5.70 Å². The third kappa shape index (κ3) is 5.61. The van der Waals surface area contributed by atoms with E-state index in [9.17, 15) is 31.6 Å². The van der Waals surface area contributed by atoms with E-state index in [4.69, 9.17) is 6.57 Å². The van der Waals surface area contributed by atoms with E-state index in [0.717, 1.165) is 23.1 Å². The Morgan fingerprint density at radius 2 is 2.00 bits per heavy atom. The van der Waals surface area contributed by atoms with Gasteiger partial charge in [-0.2, -0.15) is 18.4 Å². The predicted molar refractivity (Wildman–Crippen MR) is 132 cm³/mol. The Kier molecular flexibility index (Phi) is 7.42. The van der Waals surface area contributed by atoms with Crippen molar-refractivity contribution in [1.29, 1.82) is 5.26 Å². The van der Waals surface area contributed by atoms with Crippen LogP contribution in [0.4, 0.5) is 23.7 Å². The first kappa shape index (κ1) is 27.3. The topological polar surface area (TPSA) is 125 Å². The van der Waals surface area contributed by atoms with Gasteiger partial charge in [0, 0.05) is 24.1 Å². The third-order valence-corrected chi connectivity index (χ3v) is 7.91. The van der Waals surface area contributed by atoms with Crippen LogP contribution in [0.2, 0.25) is 0 Å². The zero-order valence-electron chi connectivity index (χ0n) is 20.3. The number of aromatic nitrogens is 3. The first-order valence-corrected chi connectivity index (χ1v) is 13.1. The number of sulfone groups is 1. The van der Waals surface area contributed by atoms with Gasteiger partial charge in [-0.3, -0.25) is 9.58 Å². The number of rotatable bonds is 7. The highest BCUT2D eigenvalue weighted by molar-refractivity contribution is 7.91. The molecule has 1 aliphatic heterocycles. The van der Waals surface area contributed by atoms with Crippen LogP contribution >= 0.6 is 0 Å². The lowest BCUT2D eigenvalue weighted by atomic mass is 9.99. The summed E-state index contributed by atoms with van der Waals surface area (Å²) in [6.07, 6.45) is -1.44. The molecule has 2 aromatic carbocycles. The molecule has 4 rings (SSSR count). The van der Waals surface area contributed by atoms with E-state index in [1.54, 1.807) is 6.20 Å². The van der Waals surface area contributed by atoms with Gasteiger partial charge in [-0.05, 0) is 49.2 Å². The van der Waals surface area contributed by atoms with Gasteiger partial charge in [0.25, 0.3) is 0 Å². The van der Waals surface area contributed by atoms with Crippen LogP contribution in [-0.4, -0.2) is 35.2 Å². The number of urea groups is 1. The van der Waals surface area contributed by atoms with Crippen molar-refractivity contribution in [2.24, 2.45) is 0 Å². The number of allylic oxidation sites excluding steroid dienone is 1. The molecule has 1 aliphatic rings. The van der Waals surface area contributed by atoms with Crippen molar-refractivity contribution < 1.29 is 26.4 Å². The number of carbonyl (C=O) groups is 1. The maximum Gasteiger partial charge on any atom is 0.416 e. The number of hydrogen-bond acceptors (Lipinski definition) is 6. The molecule has 1 aromatic heterocycles. The van der Waals surface area contributed by atoms with E-state index in [1.165, 1.54) is 42.1 Å². The summed E-state index contributed by atoms with van der Waals surface area (Å²) in [7, 11) is -4.01. The predicted octanol–water partition coefficient (Wildman–Crippen LogP) is 4.45. The lowest BCUT2D eigenvalue weighted by Gasteiger charge is -2.34. The molecule has 0 aliphatic carbocycles. The summed E-state index contributed by atoms with van der Waals surface area (Å²) in [5, 5.41) is 19.4. The summed E-state index contributed by atoms with van der Waals surface area (Å²) < 4.78 is 68.1. The van der Waals surface area contributed by atoms with E-state index in [-0.39, 0.29) is 51.8 Å². The Hall–Kier alpha value is -4.69. The second kappa shape index (κ2) is 10.6. The van der Waals surface area contributed by atoms with Crippen LogP contribution in [0.1, 0.15) is 36.1 Å². The van der Waals surface area contributed by atoms with Crippen molar-refractivity contribution in [2.75, 3.05) is 10.7 Å². The van der Waals surface area contributed by atoms with Gasteiger partial charge in [-0.15, -0.1) is 5.10 Å². The summed E-state index contributed by atoms with van der Waals surface area (Å²) in [5.74, 6) is -0.318. The van der Waals surface area contributed by atoms with Crippen molar-refractivity contribution in [2.45, 2.75) is 37.0 Å². The molecule has 0 bridgehead atoms. The molecule has 200 valence electrons. The average molecular weight is 556 g/mol. The summed E-state index contributed by atoms with van der Waals surface area (Å²) in [6.45, 7) is 9.42. The number of hydrogen-bond donors (Lipinski definition) is 1. The van der Waals surface area contributed by atoms with Gasteiger partial charge in [0.15, 0.2) is 9.84 Å². The Balaban J connectivity index is 1.75. The van der Waals surface area contributed by atoms with Crippen LogP contribution in [-0.2, 0) is 22.6 Å². The molecule has 2 heterocycles. The fraction of sp³-hybridized carbons (Fsp3) is 0.240. The monoisotopic (exact) mass is 555 g/mol. The van der Waals surface area contributed by atoms with Crippen LogP contribution in [0.3, 0.4) is 0 Å². The van der Waals surface area contributed by atoms with Gasteiger partial charge in [0.1, 0.15) is 0 Å². The Bertz CT molecular complexity index is 1640. The standard InChI is InChI=1S/C25H20F3N7O3S/c1-16-22(30-2)23(32-24(36)35(16)19-6-3-5-18(14-19)25(26,27)28)20-8-7-17(15-29)13-21(20)39(37,38)12-4-10-34-11-9-31-33-34/h3,5-9,11,13-14,23H,4,10,12H2,1H3,(H,32,36)/t23-/m1/s1. The van der Waals surface area contributed by atoms with Gasteiger partial charge in [0.05, 0.1) is 46.7 Å². The SMILES string of the molecule is [C-]#[N+]C1=C(C)N(c2cccc(C(F)(F)F)c2)C(=O)N[C@@H]1c1ccc(C#N)cc1S(=O)(=O)CCCn1ccnn1. The highest BCUT2D eigenvalue weighted by Gasteiger charge is 2.37. The molecular weight excluding hydrogens is 535 g/mol. The Morgan fingerprint density at radius 1 is 1.23 bits per heavy atom. The minimum atomic E-state index is -4.65. The number of nitrogens with zero attached hydrogens (tertiary/aromatic N) is 6. The maximum atomic E-state index is 13.4. The van der Waals surface area contributed by atoms with E-state index in [0.29, 0.717) is 0 Å². The van der Waals surface area contributed by atoms with Crippen LogP contribution in [0.5, 0.6) is 0 Å². The molecule has 1 N–H and O–H groups in total. The number of nitriles is 1. The fourth-order valence-electron chi connectivity index (χ4n) is 4.23. The van der Waals surface area contributed by atoms with Crippen LogP contribution in [0.25, 0.3) is 4.85 Å². The molecule has 1 atom stereocenters. The number of nitrogens with one attached hydrogen (secondary N) is 1. The van der Waals surface area contributed by atoms with E-state index >= 15 is 0 Å². The molecule has 0 saturated carbocycles. The molecule has 3 aromatic rings. The quantitative estimate of drug-likeness (QED) is 0.430. The molecule has 10 nitrogen and oxygen atoms in total. The molecule has 0 spiro atoms. The molecule has 0 fully saturated rings. The van der Waals surface area contributed by atoms with Crippen molar-refractivity contribution in [3.8, 4) is 6.07 Å². The molecule has 14 heteroatoms. The van der Waals surface area contributed by atoms with E-state index in [1.807, 2.05) is 6.07 Å². The molecule has 2 amide bonds. The van der Waals surface area contributed by atoms with Gasteiger partial charge in [-0.1, -0.05) is 17.3 Å². The van der Waals surface area contributed by atoms with Gasteiger partial charge < -0.3 is 5.32 Å². The number of amides is 2. The van der Waals surface area contributed by atoms with Crippen LogP contribution in [0, 0.1) is 17.9 Å². The number of benzene rings is 2. The van der Waals surface area contributed by atoms with Crippen LogP contribution in [0.15, 0.2) is 71.1 Å². The molecule has 0 saturated heterocycles. The van der Waals surface area contributed by atoms with Gasteiger partial charge >= 0.3 is 12.2 Å². The highest BCUT2D eigenvalue weighted by atomic mass is 32.2. The average Bonchev–Trinajstić information content (AvgIpc) is 3.41. The van der Waals surface area contributed by atoms with Crippen molar-refractivity contribution in [3.63, 3.8) is 0 Å². The molecule has 0 radical (unpaired) electrons. The van der Waals surface area contributed by atoms with E-state index in [2.05, 4.69) is 20.5 Å². The van der Waals surface area contributed by atoms with Crippen molar-refractivity contribution in [3.05, 3.63) is 94.4 Å². The summed E-state index contributed by atoms with van der Waals surface area (Å²) >= 11 is 0. The summed E-state index contributed by atoms with van der Waals surface area (Å²) in [4.78, 5) is 17.4. The maximum absolute atomic E-state index is 13.4. The fourth-order valence-corrected chi connectivity index (χ4v) is 5.81. The summed E-state index contributed by atoms with van der Waals surface area (Å²) in [6, 6.07) is 7.83. The third-order valence-electron chi connectivity index (χ3n) is 6.06. The van der Waals surface area contributed by atoms with Crippen LogP contribution < -0.4 is 10.2 Å². The Labute approximate surface area is 221 Å². The first-order chi connectivity index (χ1) is 18.5. The minimum absolute atomic E-state index is 0.0389. The molecule has 0 unspecified atom stereocenters. The summed E-state index contributed by atoms with van der Waals surface area (Å²) in [5.41, 5.74) is -1.00. The lowest BCUT2D eigenvalue weighted by Crippen LogP contribution is -2.46. The van der Waals surface area contributed by atoms with Crippen molar-refractivity contribution >= 4 is 21.6 Å². The normalized spacial score (nSPS) is 16.0. The number of carbonyl (C=O) groups excluding carboxylic acids is 1. The number of halogens is 3.